The van der Waals surface area contributed by atoms with Gasteiger partial charge in [-0.1, -0.05) is 6.07 Å². The lowest BCUT2D eigenvalue weighted by Crippen LogP contribution is -2.48. The first-order chi connectivity index (χ1) is 13.9. The lowest BCUT2D eigenvalue weighted by molar-refractivity contribution is -0.192. The number of carbonyl (C=O) groups is 2. The van der Waals surface area contributed by atoms with Gasteiger partial charge in [-0.15, -0.1) is 0 Å². The van der Waals surface area contributed by atoms with Crippen LogP contribution in [-0.4, -0.2) is 71.9 Å². The summed E-state index contributed by atoms with van der Waals surface area (Å²) in [7, 11) is -3.21. The van der Waals surface area contributed by atoms with E-state index in [0.717, 1.165) is 5.69 Å². The summed E-state index contributed by atoms with van der Waals surface area (Å²) in [5.74, 6) is -2.92. The maximum Gasteiger partial charge on any atom is 0.490 e. The molecule has 3 heterocycles. The minimum atomic E-state index is -5.08. The molecule has 2 aliphatic rings. The molecule has 2 fully saturated rings. The third-order valence-corrected chi connectivity index (χ3v) is 5.93. The van der Waals surface area contributed by atoms with Gasteiger partial charge < -0.3 is 15.2 Å². The van der Waals surface area contributed by atoms with Gasteiger partial charge >= 0.3 is 12.1 Å². The topological polar surface area (TPSA) is 126 Å². The fourth-order valence-corrected chi connectivity index (χ4v) is 4.46. The zero-order chi connectivity index (χ0) is 22.5. The van der Waals surface area contributed by atoms with Gasteiger partial charge in [-0.3, -0.25) is 9.78 Å². The Morgan fingerprint density at radius 2 is 1.97 bits per heavy atom. The van der Waals surface area contributed by atoms with Gasteiger partial charge in [0.1, 0.15) is 6.10 Å². The Morgan fingerprint density at radius 1 is 1.30 bits per heavy atom. The van der Waals surface area contributed by atoms with E-state index in [1.54, 1.807) is 6.20 Å². The van der Waals surface area contributed by atoms with Gasteiger partial charge in [-0.25, -0.2) is 13.2 Å². The number of fused-ring (bicyclic) bond motifs is 1. The number of nitrogens with zero attached hydrogens (tertiary/aromatic N) is 2. The summed E-state index contributed by atoms with van der Waals surface area (Å²) in [5, 5.41) is 9.96. The molecule has 0 bridgehead atoms. The predicted octanol–water partition coefficient (Wildman–Crippen LogP) is 0.913. The van der Waals surface area contributed by atoms with Crippen molar-refractivity contribution in [3.63, 3.8) is 0 Å². The van der Waals surface area contributed by atoms with E-state index < -0.39 is 28.3 Å². The van der Waals surface area contributed by atoms with Crippen LogP contribution in [0.2, 0.25) is 0 Å². The van der Waals surface area contributed by atoms with Crippen LogP contribution >= 0.6 is 0 Å². The number of ether oxygens (including phenoxy) is 1. The van der Waals surface area contributed by atoms with Crippen molar-refractivity contribution < 1.29 is 41.0 Å². The number of hydrogen-bond acceptors (Lipinski definition) is 6. The zero-order valence-corrected chi connectivity index (χ0v) is 16.8. The second-order valence-electron chi connectivity index (χ2n) is 6.81. The average Bonchev–Trinajstić information content (AvgIpc) is 3.10. The van der Waals surface area contributed by atoms with Gasteiger partial charge in [0.25, 0.3) is 0 Å². The van der Waals surface area contributed by atoms with Crippen LogP contribution in [-0.2, 0) is 30.9 Å². The molecule has 0 radical (unpaired) electrons. The van der Waals surface area contributed by atoms with Crippen molar-refractivity contribution in [2.45, 2.75) is 50.2 Å². The summed E-state index contributed by atoms with van der Waals surface area (Å²) in [5.41, 5.74) is 0.790. The monoisotopic (exact) mass is 453 g/mol. The third-order valence-electron chi connectivity index (χ3n) is 4.63. The van der Waals surface area contributed by atoms with Crippen molar-refractivity contribution in [2.75, 3.05) is 12.8 Å². The quantitative estimate of drug-likeness (QED) is 0.694. The first-order valence-electron chi connectivity index (χ1n) is 8.99. The van der Waals surface area contributed by atoms with E-state index in [0.29, 0.717) is 32.4 Å². The standard InChI is InChI=1S/C15H21N3O4S.C2HF3O2/c1-23(20,21)18-9-7-13-12(18)5-6-14(22-13)15(19)17-10-11-4-2-3-8-16-11;3-2(4,5)1(6)7/h2-4,8,12-14H,5-7,9-10H2,1H3,(H,17,19);(H,6,7)/t12-,13-,14-;/m1./s1. The van der Waals surface area contributed by atoms with Gasteiger partial charge in [0.2, 0.25) is 15.9 Å². The largest absolute Gasteiger partial charge is 0.490 e. The smallest absolute Gasteiger partial charge is 0.475 e. The normalized spacial score (nSPS) is 24.3. The first kappa shape index (κ1) is 24.0. The van der Waals surface area contributed by atoms with Crippen LogP contribution in [0.3, 0.4) is 0 Å². The van der Waals surface area contributed by atoms with E-state index >= 15 is 0 Å². The van der Waals surface area contributed by atoms with Crippen LogP contribution < -0.4 is 5.32 Å². The molecule has 13 heteroatoms. The lowest BCUT2D eigenvalue weighted by atomic mass is 9.99. The van der Waals surface area contributed by atoms with Crippen molar-refractivity contribution in [3.8, 4) is 0 Å². The Hall–Kier alpha value is -2.25. The van der Waals surface area contributed by atoms with Gasteiger partial charge in [-0.2, -0.15) is 17.5 Å². The third kappa shape index (κ3) is 6.64. The maximum absolute atomic E-state index is 12.2. The molecule has 0 aromatic carbocycles. The Bertz CT molecular complexity index is 850. The van der Waals surface area contributed by atoms with Crippen molar-refractivity contribution >= 4 is 21.9 Å². The SMILES string of the molecule is CS(=O)(=O)N1CC[C@H]2O[C@@H](C(=O)NCc3ccccn3)CC[C@H]21.O=C(O)C(F)(F)F. The number of carboxylic acid groups (broad SMARTS) is 1. The van der Waals surface area contributed by atoms with Gasteiger partial charge in [0, 0.05) is 12.7 Å². The second-order valence-corrected chi connectivity index (χ2v) is 8.75. The number of aliphatic carboxylic acids is 1. The summed E-state index contributed by atoms with van der Waals surface area (Å²) >= 11 is 0. The summed E-state index contributed by atoms with van der Waals surface area (Å²) in [6.45, 7) is 0.833. The van der Waals surface area contributed by atoms with Crippen molar-refractivity contribution in [1.82, 2.24) is 14.6 Å². The summed E-state index contributed by atoms with van der Waals surface area (Å²) in [6.07, 6.45) is -1.06. The number of aromatic nitrogens is 1. The number of halogens is 3. The predicted molar refractivity (Wildman–Crippen MR) is 97.6 cm³/mol. The van der Waals surface area contributed by atoms with Crippen molar-refractivity contribution in [2.24, 2.45) is 0 Å². The molecule has 9 nitrogen and oxygen atoms in total. The summed E-state index contributed by atoms with van der Waals surface area (Å²) < 4.78 is 62.6. The van der Waals surface area contributed by atoms with Gasteiger partial charge in [0.15, 0.2) is 0 Å². The Kier molecular flexibility index (Phi) is 7.77. The molecule has 1 amide bonds. The Balaban J connectivity index is 0.000000396. The highest BCUT2D eigenvalue weighted by molar-refractivity contribution is 7.88. The molecule has 1 aromatic rings. The van der Waals surface area contributed by atoms with Crippen LogP contribution in [0.1, 0.15) is 25.0 Å². The first-order valence-corrected chi connectivity index (χ1v) is 10.8. The molecular formula is C17H22F3N3O6S. The number of carboxylic acids is 1. The van der Waals surface area contributed by atoms with Crippen molar-refractivity contribution in [3.05, 3.63) is 30.1 Å². The molecule has 1 aromatic heterocycles. The molecule has 0 unspecified atom stereocenters. The molecule has 3 atom stereocenters. The van der Waals surface area contributed by atoms with E-state index in [4.69, 9.17) is 14.6 Å². The summed E-state index contributed by atoms with van der Waals surface area (Å²) in [4.78, 5) is 25.3. The highest BCUT2D eigenvalue weighted by Gasteiger charge is 2.44. The highest BCUT2D eigenvalue weighted by atomic mass is 32.2. The van der Waals surface area contributed by atoms with E-state index in [-0.39, 0.29) is 18.1 Å². The molecule has 168 valence electrons. The Labute approximate surface area is 171 Å². The number of rotatable bonds is 4. The van der Waals surface area contributed by atoms with Gasteiger partial charge in [0.05, 0.1) is 30.6 Å². The molecule has 2 N–H and O–H groups in total. The van der Waals surface area contributed by atoms with Gasteiger partial charge in [-0.05, 0) is 31.4 Å². The molecule has 0 spiro atoms. The van der Waals surface area contributed by atoms with Crippen LogP contribution in [0.25, 0.3) is 0 Å². The van der Waals surface area contributed by atoms with E-state index in [2.05, 4.69) is 10.3 Å². The number of pyridine rings is 1. The van der Waals surface area contributed by atoms with Crippen LogP contribution in [0, 0.1) is 0 Å². The van der Waals surface area contributed by atoms with Crippen molar-refractivity contribution in [1.29, 1.82) is 0 Å². The minimum Gasteiger partial charge on any atom is -0.475 e. The number of nitrogens with one attached hydrogen (secondary N) is 1. The molecule has 2 aliphatic heterocycles. The molecule has 30 heavy (non-hydrogen) atoms. The number of alkyl halides is 3. The Morgan fingerprint density at radius 3 is 2.50 bits per heavy atom. The van der Waals surface area contributed by atoms with Crippen LogP contribution in [0.15, 0.2) is 24.4 Å². The molecule has 3 rings (SSSR count). The summed E-state index contributed by atoms with van der Waals surface area (Å²) in [6, 6.07) is 5.40. The number of hydrogen-bond donors (Lipinski definition) is 2. The fourth-order valence-electron chi connectivity index (χ4n) is 3.29. The minimum absolute atomic E-state index is 0.134. The van der Waals surface area contributed by atoms with Crippen LogP contribution in [0.5, 0.6) is 0 Å². The van der Waals surface area contributed by atoms with E-state index in [9.17, 15) is 26.4 Å². The van der Waals surface area contributed by atoms with Crippen LogP contribution in [0.4, 0.5) is 13.2 Å². The van der Waals surface area contributed by atoms with E-state index in [1.807, 2.05) is 18.2 Å². The highest BCUT2D eigenvalue weighted by Crippen LogP contribution is 2.32. The number of amides is 1. The lowest BCUT2D eigenvalue weighted by Gasteiger charge is -2.34. The molecule has 2 saturated heterocycles. The fraction of sp³-hybridized carbons (Fsp3) is 0.588. The molecular weight excluding hydrogens is 431 g/mol. The van der Waals surface area contributed by atoms with E-state index in [1.165, 1.54) is 10.6 Å². The maximum atomic E-state index is 12.2. The number of sulfonamides is 1. The molecule has 0 saturated carbocycles. The average molecular weight is 453 g/mol. The number of carbonyl (C=O) groups excluding carboxylic acids is 1. The zero-order valence-electron chi connectivity index (χ0n) is 16.0. The second kappa shape index (κ2) is 9.71. The molecule has 0 aliphatic carbocycles.